The fraction of sp³-hybridized carbons (Fsp3) is 0.643. The Morgan fingerprint density at radius 3 is 2.90 bits per heavy atom. The van der Waals surface area contributed by atoms with Gasteiger partial charge in [-0.15, -0.1) is 0 Å². The standard InChI is InChI=1S/C14H20N2O3S/c17-13-11(15-14(18)10-3-8-20-9-10)1-2-12(13)16-4-6-19-7-5-16/h3,8-9,11-13,17H,1-2,4-7H2,(H,15,18)/t11-,12-,13-/m1/s1. The van der Waals surface area contributed by atoms with E-state index in [4.69, 9.17) is 4.74 Å². The maximum absolute atomic E-state index is 12.0. The topological polar surface area (TPSA) is 61.8 Å². The molecule has 6 heteroatoms. The van der Waals surface area contributed by atoms with Crippen LogP contribution in [0.4, 0.5) is 0 Å². The SMILES string of the molecule is O=C(N[C@@H]1CC[C@@H](N2CCOCC2)[C@@H]1O)c1ccsc1. The molecule has 0 radical (unpaired) electrons. The first-order valence-corrected chi connectivity index (χ1v) is 8.03. The molecule has 20 heavy (non-hydrogen) atoms. The lowest BCUT2D eigenvalue weighted by Crippen LogP contribution is -2.51. The second kappa shape index (κ2) is 6.22. The first-order valence-electron chi connectivity index (χ1n) is 7.08. The molecule has 1 aromatic heterocycles. The Hall–Kier alpha value is -0.950. The van der Waals surface area contributed by atoms with Crippen LogP contribution in [0.25, 0.3) is 0 Å². The summed E-state index contributed by atoms with van der Waals surface area (Å²) in [6.07, 6.45) is 1.27. The van der Waals surface area contributed by atoms with Gasteiger partial charge in [-0.3, -0.25) is 9.69 Å². The summed E-state index contributed by atoms with van der Waals surface area (Å²) in [4.78, 5) is 14.3. The fourth-order valence-corrected chi connectivity index (χ4v) is 3.71. The van der Waals surface area contributed by atoms with Crippen molar-refractivity contribution in [1.29, 1.82) is 0 Å². The summed E-state index contributed by atoms with van der Waals surface area (Å²) in [5.74, 6) is -0.0853. The van der Waals surface area contributed by atoms with Gasteiger partial charge in [0.2, 0.25) is 0 Å². The molecular formula is C14H20N2O3S. The monoisotopic (exact) mass is 296 g/mol. The highest BCUT2D eigenvalue weighted by Gasteiger charge is 2.39. The summed E-state index contributed by atoms with van der Waals surface area (Å²) in [5, 5.41) is 17.1. The van der Waals surface area contributed by atoms with Crippen molar-refractivity contribution in [2.45, 2.75) is 31.0 Å². The minimum atomic E-state index is -0.490. The summed E-state index contributed by atoms with van der Waals surface area (Å²) in [6.45, 7) is 3.20. The molecule has 0 aromatic carbocycles. The van der Waals surface area contributed by atoms with Gasteiger partial charge in [0.15, 0.2) is 0 Å². The third-order valence-corrected chi connectivity index (χ3v) is 4.88. The summed E-state index contributed by atoms with van der Waals surface area (Å²) >= 11 is 1.50. The zero-order valence-corrected chi connectivity index (χ0v) is 12.1. The molecule has 0 unspecified atom stereocenters. The molecule has 5 nitrogen and oxygen atoms in total. The Labute approximate surface area is 122 Å². The zero-order chi connectivity index (χ0) is 13.9. The van der Waals surface area contributed by atoms with Crippen molar-refractivity contribution < 1.29 is 14.6 Å². The number of nitrogens with zero attached hydrogens (tertiary/aromatic N) is 1. The molecule has 1 aromatic rings. The minimum Gasteiger partial charge on any atom is -0.389 e. The largest absolute Gasteiger partial charge is 0.389 e. The maximum atomic E-state index is 12.0. The lowest BCUT2D eigenvalue weighted by Gasteiger charge is -2.34. The van der Waals surface area contributed by atoms with Gasteiger partial charge in [-0.25, -0.2) is 0 Å². The summed E-state index contributed by atoms with van der Waals surface area (Å²) in [6, 6.07) is 1.81. The molecule has 1 saturated heterocycles. The molecule has 3 atom stereocenters. The van der Waals surface area contributed by atoms with Gasteiger partial charge < -0.3 is 15.2 Å². The van der Waals surface area contributed by atoms with Crippen LogP contribution in [-0.2, 0) is 4.74 Å². The number of morpholine rings is 1. The van der Waals surface area contributed by atoms with Crippen molar-refractivity contribution in [1.82, 2.24) is 10.2 Å². The molecule has 1 amide bonds. The lowest BCUT2D eigenvalue weighted by molar-refractivity contribution is -0.0154. The van der Waals surface area contributed by atoms with Gasteiger partial charge in [0.05, 0.1) is 25.4 Å². The van der Waals surface area contributed by atoms with E-state index in [1.165, 1.54) is 11.3 Å². The number of ether oxygens (including phenoxy) is 1. The molecule has 1 aliphatic heterocycles. The van der Waals surface area contributed by atoms with Crippen molar-refractivity contribution in [3.63, 3.8) is 0 Å². The van der Waals surface area contributed by atoms with E-state index in [1.807, 2.05) is 10.8 Å². The summed E-state index contributed by atoms with van der Waals surface area (Å²) < 4.78 is 5.34. The van der Waals surface area contributed by atoms with E-state index in [0.717, 1.165) is 39.1 Å². The number of thiophene rings is 1. The second-order valence-electron chi connectivity index (χ2n) is 5.38. The maximum Gasteiger partial charge on any atom is 0.252 e. The Balaban J connectivity index is 1.58. The molecule has 2 fully saturated rings. The van der Waals surface area contributed by atoms with E-state index in [2.05, 4.69) is 10.2 Å². The van der Waals surface area contributed by atoms with E-state index in [9.17, 15) is 9.90 Å². The average molecular weight is 296 g/mol. The molecular weight excluding hydrogens is 276 g/mol. The normalized spacial score (nSPS) is 31.4. The number of nitrogens with one attached hydrogen (secondary N) is 1. The van der Waals surface area contributed by atoms with E-state index >= 15 is 0 Å². The molecule has 2 N–H and O–H groups in total. The van der Waals surface area contributed by atoms with Gasteiger partial charge in [-0.2, -0.15) is 11.3 Å². The molecule has 3 rings (SSSR count). The smallest absolute Gasteiger partial charge is 0.252 e. The van der Waals surface area contributed by atoms with Crippen molar-refractivity contribution in [3.8, 4) is 0 Å². The highest BCUT2D eigenvalue weighted by molar-refractivity contribution is 7.08. The summed E-state index contributed by atoms with van der Waals surface area (Å²) in [5.41, 5.74) is 0.678. The fourth-order valence-electron chi connectivity index (χ4n) is 3.07. The van der Waals surface area contributed by atoms with Gasteiger partial charge in [0.25, 0.3) is 5.91 Å². The van der Waals surface area contributed by atoms with Crippen molar-refractivity contribution in [2.24, 2.45) is 0 Å². The summed E-state index contributed by atoms with van der Waals surface area (Å²) in [7, 11) is 0. The van der Waals surface area contributed by atoms with Crippen molar-refractivity contribution in [2.75, 3.05) is 26.3 Å². The number of amides is 1. The Kier molecular flexibility index (Phi) is 4.35. The van der Waals surface area contributed by atoms with Crippen LogP contribution < -0.4 is 5.32 Å². The van der Waals surface area contributed by atoms with Crippen LogP contribution in [0.15, 0.2) is 16.8 Å². The molecule has 2 heterocycles. The number of rotatable bonds is 3. The van der Waals surface area contributed by atoms with Crippen molar-refractivity contribution >= 4 is 17.2 Å². The van der Waals surface area contributed by atoms with Crippen LogP contribution in [0.5, 0.6) is 0 Å². The van der Waals surface area contributed by atoms with Gasteiger partial charge >= 0.3 is 0 Å². The van der Waals surface area contributed by atoms with Crippen LogP contribution >= 0.6 is 11.3 Å². The second-order valence-corrected chi connectivity index (χ2v) is 6.16. The van der Waals surface area contributed by atoms with Crippen molar-refractivity contribution in [3.05, 3.63) is 22.4 Å². The Morgan fingerprint density at radius 2 is 2.20 bits per heavy atom. The average Bonchev–Trinajstić information content (AvgIpc) is 3.11. The quantitative estimate of drug-likeness (QED) is 0.862. The van der Waals surface area contributed by atoms with Crippen LogP contribution in [0.3, 0.4) is 0 Å². The first-order chi connectivity index (χ1) is 9.75. The molecule has 1 saturated carbocycles. The van der Waals surface area contributed by atoms with E-state index < -0.39 is 6.10 Å². The predicted molar refractivity (Wildman–Crippen MR) is 77.0 cm³/mol. The van der Waals surface area contributed by atoms with E-state index in [1.54, 1.807) is 6.07 Å². The van der Waals surface area contributed by atoms with Crippen LogP contribution in [0.1, 0.15) is 23.2 Å². The van der Waals surface area contributed by atoms with E-state index in [0.29, 0.717) is 5.56 Å². The number of aliphatic hydroxyl groups excluding tert-OH is 1. The third-order valence-electron chi connectivity index (χ3n) is 4.19. The number of carbonyl (C=O) groups excluding carboxylic acids is 1. The van der Waals surface area contributed by atoms with Gasteiger partial charge in [0, 0.05) is 30.1 Å². The Bertz CT molecular complexity index is 445. The minimum absolute atomic E-state index is 0.0853. The van der Waals surface area contributed by atoms with Crippen LogP contribution in [-0.4, -0.2) is 60.4 Å². The molecule has 2 aliphatic rings. The molecule has 110 valence electrons. The zero-order valence-electron chi connectivity index (χ0n) is 11.3. The van der Waals surface area contributed by atoms with Gasteiger partial charge in [-0.1, -0.05) is 0 Å². The molecule has 1 aliphatic carbocycles. The number of hydrogen-bond donors (Lipinski definition) is 2. The van der Waals surface area contributed by atoms with E-state index in [-0.39, 0.29) is 18.0 Å². The Morgan fingerprint density at radius 1 is 1.40 bits per heavy atom. The number of aliphatic hydroxyl groups is 1. The first kappa shape index (κ1) is 14.0. The molecule has 0 spiro atoms. The number of carbonyl (C=O) groups is 1. The highest BCUT2D eigenvalue weighted by Crippen LogP contribution is 2.26. The molecule has 0 bridgehead atoms. The van der Waals surface area contributed by atoms with Crippen LogP contribution in [0.2, 0.25) is 0 Å². The van der Waals surface area contributed by atoms with Crippen LogP contribution in [0, 0.1) is 0 Å². The van der Waals surface area contributed by atoms with Gasteiger partial charge in [-0.05, 0) is 24.3 Å². The third kappa shape index (κ3) is 2.88. The lowest BCUT2D eigenvalue weighted by atomic mass is 10.1. The highest BCUT2D eigenvalue weighted by atomic mass is 32.1. The number of hydrogen-bond acceptors (Lipinski definition) is 5. The predicted octanol–water partition coefficient (Wildman–Crippen LogP) is 0.702. The van der Waals surface area contributed by atoms with Gasteiger partial charge in [0.1, 0.15) is 0 Å².